The van der Waals surface area contributed by atoms with Crippen molar-refractivity contribution >= 4 is 0 Å². The zero-order chi connectivity index (χ0) is 11.6. The molecule has 1 aliphatic rings. The highest BCUT2D eigenvalue weighted by Gasteiger charge is 2.52. The van der Waals surface area contributed by atoms with E-state index in [9.17, 15) is 0 Å². The van der Waals surface area contributed by atoms with Gasteiger partial charge in [-0.25, -0.2) is 0 Å². The molecule has 1 saturated carbocycles. The molecule has 2 unspecified atom stereocenters. The van der Waals surface area contributed by atoms with Gasteiger partial charge < -0.3 is 14.5 Å². The maximum atomic E-state index is 5.72. The van der Waals surface area contributed by atoms with Crippen LogP contribution in [0.25, 0.3) is 0 Å². The van der Waals surface area contributed by atoms with Crippen LogP contribution >= 0.6 is 0 Å². The van der Waals surface area contributed by atoms with Gasteiger partial charge in [0.2, 0.25) is 0 Å². The normalized spacial score (nSPS) is 28.3. The molecule has 16 heavy (non-hydrogen) atoms. The van der Waals surface area contributed by atoms with Gasteiger partial charge in [-0.05, 0) is 37.9 Å². The Balaban J connectivity index is 1.80. The van der Waals surface area contributed by atoms with Crippen molar-refractivity contribution in [2.24, 2.45) is 5.92 Å². The third-order valence-electron chi connectivity index (χ3n) is 3.59. The fourth-order valence-electron chi connectivity index (χ4n) is 2.24. The molecule has 1 aliphatic carbocycles. The van der Waals surface area contributed by atoms with Gasteiger partial charge in [0.1, 0.15) is 11.5 Å². The van der Waals surface area contributed by atoms with E-state index in [-0.39, 0.29) is 5.41 Å². The number of aryl methyl sites for hydroxylation is 1. The fraction of sp³-hybridized carbons (Fsp3) is 0.692. The Morgan fingerprint density at radius 2 is 2.38 bits per heavy atom. The number of methoxy groups -OCH3 is 1. The topological polar surface area (TPSA) is 34.4 Å². The Bertz CT molecular complexity index is 347. The van der Waals surface area contributed by atoms with Gasteiger partial charge in [0, 0.05) is 19.1 Å². The minimum absolute atomic E-state index is 0.258. The average Bonchev–Trinajstić information content (AvgIpc) is 2.71. The molecule has 0 aromatic carbocycles. The first kappa shape index (κ1) is 11.7. The third-order valence-corrected chi connectivity index (χ3v) is 3.59. The molecule has 1 heterocycles. The summed E-state index contributed by atoms with van der Waals surface area (Å²) in [7, 11) is 1.73. The molecule has 0 saturated heterocycles. The van der Waals surface area contributed by atoms with E-state index in [0.717, 1.165) is 31.2 Å². The molecule has 3 nitrogen and oxygen atoms in total. The zero-order valence-electron chi connectivity index (χ0n) is 10.4. The summed E-state index contributed by atoms with van der Waals surface area (Å²) in [6, 6.07) is 4.17. The molecule has 0 spiro atoms. The van der Waals surface area contributed by atoms with Crippen molar-refractivity contribution in [3.05, 3.63) is 23.7 Å². The summed E-state index contributed by atoms with van der Waals surface area (Å²) < 4.78 is 10.7. The zero-order valence-corrected chi connectivity index (χ0v) is 10.4. The second-order valence-corrected chi connectivity index (χ2v) is 4.93. The second-order valence-electron chi connectivity index (χ2n) is 4.93. The van der Waals surface area contributed by atoms with Crippen LogP contribution in [0.2, 0.25) is 0 Å². The van der Waals surface area contributed by atoms with Crippen LogP contribution in [-0.4, -0.2) is 26.8 Å². The van der Waals surface area contributed by atoms with Gasteiger partial charge in [-0.3, -0.25) is 0 Å². The molecule has 1 aromatic rings. The van der Waals surface area contributed by atoms with Crippen molar-refractivity contribution in [2.75, 3.05) is 26.8 Å². The van der Waals surface area contributed by atoms with Crippen LogP contribution in [0.1, 0.15) is 24.9 Å². The number of nitrogens with one attached hydrogen (secondary N) is 1. The molecule has 1 aromatic heterocycles. The highest BCUT2D eigenvalue weighted by molar-refractivity contribution is 5.25. The van der Waals surface area contributed by atoms with E-state index in [0.29, 0.717) is 5.92 Å². The molecule has 2 atom stereocenters. The van der Waals surface area contributed by atoms with E-state index in [1.54, 1.807) is 7.11 Å². The smallest absolute Gasteiger partial charge is 0.110 e. The van der Waals surface area contributed by atoms with E-state index >= 15 is 0 Å². The molecular weight excluding hydrogens is 202 g/mol. The number of hydrogen-bond acceptors (Lipinski definition) is 3. The van der Waals surface area contributed by atoms with Crippen LogP contribution in [0.15, 0.2) is 16.5 Å². The van der Waals surface area contributed by atoms with Crippen LogP contribution in [0.3, 0.4) is 0 Å². The summed E-state index contributed by atoms with van der Waals surface area (Å²) >= 11 is 0. The monoisotopic (exact) mass is 223 g/mol. The third kappa shape index (κ3) is 2.30. The Kier molecular flexibility index (Phi) is 3.36. The molecule has 1 N–H and O–H groups in total. The number of rotatable bonds is 6. The van der Waals surface area contributed by atoms with Crippen molar-refractivity contribution in [1.82, 2.24) is 5.32 Å². The van der Waals surface area contributed by atoms with Crippen molar-refractivity contribution < 1.29 is 9.15 Å². The van der Waals surface area contributed by atoms with E-state index < -0.39 is 0 Å². The van der Waals surface area contributed by atoms with E-state index in [2.05, 4.69) is 18.3 Å². The number of hydrogen-bond donors (Lipinski definition) is 1. The summed E-state index contributed by atoms with van der Waals surface area (Å²) in [5, 5.41) is 3.41. The summed E-state index contributed by atoms with van der Waals surface area (Å²) in [5.41, 5.74) is 0.258. The summed E-state index contributed by atoms with van der Waals surface area (Å²) in [4.78, 5) is 0. The summed E-state index contributed by atoms with van der Waals surface area (Å²) in [6.07, 6.45) is 1.22. The van der Waals surface area contributed by atoms with Crippen molar-refractivity contribution in [3.8, 4) is 0 Å². The van der Waals surface area contributed by atoms with Gasteiger partial charge in [0.25, 0.3) is 0 Å². The lowest BCUT2D eigenvalue weighted by molar-refractivity contribution is 0.199. The molecule has 90 valence electrons. The molecule has 3 heteroatoms. The first-order valence-corrected chi connectivity index (χ1v) is 5.93. The Morgan fingerprint density at radius 3 is 3.00 bits per heavy atom. The van der Waals surface area contributed by atoms with Crippen LogP contribution < -0.4 is 5.32 Å². The van der Waals surface area contributed by atoms with E-state index in [1.807, 2.05) is 13.0 Å². The maximum Gasteiger partial charge on any atom is 0.110 e. The fourth-order valence-corrected chi connectivity index (χ4v) is 2.24. The minimum atomic E-state index is 0.258. The number of ether oxygens (including phenoxy) is 1. The standard InChI is InChI=1S/C13H21NO2/c1-10-4-5-12(16-10)13(2)8-11(13)9-14-6-7-15-3/h4-5,11,14H,6-9H2,1-3H3. The van der Waals surface area contributed by atoms with Crippen molar-refractivity contribution in [2.45, 2.75) is 25.7 Å². The lowest BCUT2D eigenvalue weighted by Gasteiger charge is -2.08. The average molecular weight is 223 g/mol. The van der Waals surface area contributed by atoms with Crippen molar-refractivity contribution in [3.63, 3.8) is 0 Å². The Hall–Kier alpha value is -0.800. The van der Waals surface area contributed by atoms with E-state index in [4.69, 9.17) is 9.15 Å². The SMILES string of the molecule is COCCNCC1CC1(C)c1ccc(C)o1. The van der Waals surface area contributed by atoms with Gasteiger partial charge in [0.05, 0.1) is 6.61 Å². The Morgan fingerprint density at radius 1 is 1.56 bits per heavy atom. The minimum Gasteiger partial charge on any atom is -0.466 e. The van der Waals surface area contributed by atoms with Gasteiger partial charge in [-0.15, -0.1) is 0 Å². The first-order chi connectivity index (χ1) is 7.66. The van der Waals surface area contributed by atoms with Gasteiger partial charge in [-0.2, -0.15) is 0 Å². The van der Waals surface area contributed by atoms with Crippen LogP contribution in [0.5, 0.6) is 0 Å². The Labute approximate surface area is 97.2 Å². The van der Waals surface area contributed by atoms with Crippen LogP contribution in [-0.2, 0) is 10.2 Å². The number of furan rings is 1. The molecular formula is C13H21NO2. The van der Waals surface area contributed by atoms with Gasteiger partial charge >= 0.3 is 0 Å². The summed E-state index contributed by atoms with van der Waals surface area (Å²) in [6.45, 7) is 7.05. The lowest BCUT2D eigenvalue weighted by atomic mass is 10.0. The first-order valence-electron chi connectivity index (χ1n) is 5.93. The predicted octanol–water partition coefficient (Wildman–Crippen LogP) is 2.10. The van der Waals surface area contributed by atoms with Crippen molar-refractivity contribution in [1.29, 1.82) is 0 Å². The molecule has 0 bridgehead atoms. The molecule has 1 fully saturated rings. The molecule has 2 rings (SSSR count). The summed E-state index contributed by atoms with van der Waals surface area (Å²) in [5.74, 6) is 2.85. The predicted molar refractivity (Wildman–Crippen MR) is 63.6 cm³/mol. The van der Waals surface area contributed by atoms with E-state index in [1.165, 1.54) is 6.42 Å². The van der Waals surface area contributed by atoms with Crippen LogP contribution in [0.4, 0.5) is 0 Å². The molecule has 0 aliphatic heterocycles. The molecule has 0 amide bonds. The maximum absolute atomic E-state index is 5.72. The molecule has 0 radical (unpaired) electrons. The lowest BCUT2D eigenvalue weighted by Crippen LogP contribution is -2.23. The van der Waals surface area contributed by atoms with Crippen LogP contribution in [0, 0.1) is 12.8 Å². The van der Waals surface area contributed by atoms with Gasteiger partial charge in [-0.1, -0.05) is 6.92 Å². The van der Waals surface area contributed by atoms with Gasteiger partial charge in [0.15, 0.2) is 0 Å². The second kappa shape index (κ2) is 4.60. The largest absolute Gasteiger partial charge is 0.466 e. The quantitative estimate of drug-likeness (QED) is 0.750. The highest BCUT2D eigenvalue weighted by Crippen LogP contribution is 2.53. The highest BCUT2D eigenvalue weighted by atomic mass is 16.5.